The third kappa shape index (κ3) is 3.89. The average molecular weight is 342 g/mol. The lowest BCUT2D eigenvalue weighted by Gasteiger charge is -2.34. The van der Waals surface area contributed by atoms with Crippen LogP contribution in [0.5, 0.6) is 0 Å². The van der Waals surface area contributed by atoms with Crippen LogP contribution in [0, 0.1) is 0 Å². The lowest BCUT2D eigenvalue weighted by Crippen LogP contribution is -2.48. The summed E-state index contributed by atoms with van der Waals surface area (Å²) in [5, 5.41) is 1.08. The maximum absolute atomic E-state index is 12.7. The van der Waals surface area contributed by atoms with E-state index >= 15 is 0 Å². The van der Waals surface area contributed by atoms with Crippen molar-refractivity contribution >= 4 is 15.9 Å². The molecule has 1 fully saturated rings. The Hall–Kier alpha value is -1.48. The number of carbonyl (C=O) groups is 1. The summed E-state index contributed by atoms with van der Waals surface area (Å²) in [5.74, 6) is -0.343. The molecule has 1 aliphatic rings. The third-order valence-electron chi connectivity index (χ3n) is 3.69. The molecule has 1 aliphatic heterocycles. The molecule has 0 saturated carbocycles. The topological polar surface area (TPSA) is 76.2 Å². The molecule has 1 heterocycles. The Morgan fingerprint density at radius 3 is 2.22 bits per heavy atom. The van der Waals surface area contributed by atoms with Gasteiger partial charge in [0.2, 0.25) is 10.0 Å². The normalized spacial score (nSPS) is 22.8. The molecule has 0 bridgehead atoms. The minimum absolute atomic E-state index is 0.148. The Balaban J connectivity index is 2.22. The van der Waals surface area contributed by atoms with E-state index in [1.165, 1.54) is 42.7 Å². The van der Waals surface area contributed by atoms with E-state index in [-0.39, 0.29) is 23.0 Å². The highest BCUT2D eigenvalue weighted by Gasteiger charge is 2.32. The van der Waals surface area contributed by atoms with Crippen LogP contribution >= 0.6 is 0 Å². The Labute approximate surface area is 136 Å². The zero-order valence-electron chi connectivity index (χ0n) is 13.7. The van der Waals surface area contributed by atoms with E-state index < -0.39 is 10.0 Å². The lowest BCUT2D eigenvalue weighted by atomic mass is 10.2. The number of sulfonamides is 1. The van der Waals surface area contributed by atoms with E-state index in [1.807, 2.05) is 13.8 Å². The van der Waals surface area contributed by atoms with Crippen LogP contribution in [0.15, 0.2) is 29.2 Å². The van der Waals surface area contributed by atoms with Crippen molar-refractivity contribution in [3.05, 3.63) is 29.8 Å². The van der Waals surface area contributed by atoms with Gasteiger partial charge in [-0.2, -0.15) is 4.31 Å². The SMILES string of the molecule is CON(C)C(=O)c1ccc(S(=O)(=O)N2C[C@@H](C)O[C@@H](C)C2)cc1. The molecule has 7 nitrogen and oxygen atoms in total. The highest BCUT2D eigenvalue weighted by molar-refractivity contribution is 7.89. The minimum atomic E-state index is -3.60. The number of benzene rings is 1. The first-order chi connectivity index (χ1) is 10.8. The van der Waals surface area contributed by atoms with Crippen molar-refractivity contribution in [1.29, 1.82) is 0 Å². The summed E-state index contributed by atoms with van der Waals surface area (Å²) >= 11 is 0. The molecule has 1 aromatic rings. The van der Waals surface area contributed by atoms with Crippen LogP contribution in [0.4, 0.5) is 0 Å². The summed E-state index contributed by atoms with van der Waals surface area (Å²) in [7, 11) is -0.723. The molecule has 1 amide bonds. The molecule has 0 N–H and O–H groups in total. The number of carbonyl (C=O) groups excluding carboxylic acids is 1. The summed E-state index contributed by atoms with van der Waals surface area (Å²) in [5.41, 5.74) is 0.358. The second-order valence-electron chi connectivity index (χ2n) is 5.59. The van der Waals surface area contributed by atoms with E-state index in [1.54, 1.807) is 0 Å². The Morgan fingerprint density at radius 2 is 1.74 bits per heavy atom. The maximum atomic E-state index is 12.7. The number of hydrogen-bond donors (Lipinski definition) is 0. The molecule has 0 aliphatic carbocycles. The van der Waals surface area contributed by atoms with Crippen molar-refractivity contribution in [2.75, 3.05) is 27.2 Å². The lowest BCUT2D eigenvalue weighted by molar-refractivity contribution is -0.0757. The summed E-state index contributed by atoms with van der Waals surface area (Å²) < 4.78 is 32.4. The van der Waals surface area contributed by atoms with Crippen molar-refractivity contribution in [3.63, 3.8) is 0 Å². The van der Waals surface area contributed by atoms with Crippen LogP contribution in [0.3, 0.4) is 0 Å². The fourth-order valence-corrected chi connectivity index (χ4v) is 4.10. The first kappa shape index (κ1) is 17.9. The molecule has 2 rings (SSSR count). The highest BCUT2D eigenvalue weighted by Crippen LogP contribution is 2.21. The number of hydrogen-bond acceptors (Lipinski definition) is 5. The average Bonchev–Trinajstić information content (AvgIpc) is 2.52. The van der Waals surface area contributed by atoms with Crippen LogP contribution < -0.4 is 0 Å². The number of amides is 1. The molecular weight excluding hydrogens is 320 g/mol. The molecule has 0 aromatic heterocycles. The van der Waals surface area contributed by atoms with Gasteiger partial charge >= 0.3 is 0 Å². The van der Waals surface area contributed by atoms with Gasteiger partial charge in [0, 0.05) is 25.7 Å². The standard InChI is InChI=1S/C15H22N2O5S/c1-11-9-17(10-12(2)22-11)23(19,20)14-7-5-13(6-8-14)15(18)16(3)21-4/h5-8,11-12H,9-10H2,1-4H3/t11-,12+. The van der Waals surface area contributed by atoms with Crippen molar-refractivity contribution in [2.45, 2.75) is 31.0 Å². The molecule has 0 radical (unpaired) electrons. The van der Waals surface area contributed by atoms with Crippen molar-refractivity contribution in [2.24, 2.45) is 0 Å². The van der Waals surface area contributed by atoms with E-state index in [4.69, 9.17) is 9.57 Å². The summed E-state index contributed by atoms with van der Waals surface area (Å²) in [6.45, 7) is 4.33. The van der Waals surface area contributed by atoms with Crippen LogP contribution in [0.2, 0.25) is 0 Å². The van der Waals surface area contributed by atoms with Gasteiger partial charge in [-0.3, -0.25) is 9.63 Å². The number of rotatable bonds is 4. The van der Waals surface area contributed by atoms with Crippen molar-refractivity contribution in [1.82, 2.24) is 9.37 Å². The summed E-state index contributed by atoms with van der Waals surface area (Å²) in [6, 6.07) is 5.85. The molecule has 128 valence electrons. The van der Waals surface area contributed by atoms with Crippen molar-refractivity contribution < 1.29 is 22.8 Å². The van der Waals surface area contributed by atoms with E-state index in [2.05, 4.69) is 0 Å². The molecule has 1 saturated heterocycles. The van der Waals surface area contributed by atoms with E-state index in [0.29, 0.717) is 18.7 Å². The third-order valence-corrected chi connectivity index (χ3v) is 5.53. The van der Waals surface area contributed by atoms with Gasteiger partial charge in [-0.25, -0.2) is 13.5 Å². The van der Waals surface area contributed by atoms with Crippen LogP contribution in [-0.4, -0.2) is 63.1 Å². The second kappa shape index (κ2) is 6.96. The summed E-state index contributed by atoms with van der Waals surface area (Å²) in [4.78, 5) is 16.9. The monoisotopic (exact) mass is 342 g/mol. The molecule has 0 spiro atoms. The molecule has 8 heteroatoms. The van der Waals surface area contributed by atoms with Gasteiger partial charge in [0.05, 0.1) is 24.2 Å². The molecule has 23 heavy (non-hydrogen) atoms. The van der Waals surface area contributed by atoms with Crippen LogP contribution in [0.25, 0.3) is 0 Å². The maximum Gasteiger partial charge on any atom is 0.277 e. The molecule has 1 aromatic carbocycles. The van der Waals surface area contributed by atoms with Gasteiger partial charge in [0.15, 0.2) is 0 Å². The molecular formula is C15H22N2O5S. The second-order valence-corrected chi connectivity index (χ2v) is 7.53. The van der Waals surface area contributed by atoms with Crippen LogP contribution in [-0.2, 0) is 19.6 Å². The number of hydroxylamine groups is 2. The highest BCUT2D eigenvalue weighted by atomic mass is 32.2. The fraction of sp³-hybridized carbons (Fsp3) is 0.533. The Morgan fingerprint density at radius 1 is 1.22 bits per heavy atom. The van der Waals surface area contributed by atoms with Gasteiger partial charge in [0.1, 0.15) is 0 Å². The Bertz CT molecular complexity index is 649. The fourth-order valence-electron chi connectivity index (χ4n) is 2.51. The minimum Gasteiger partial charge on any atom is -0.373 e. The zero-order valence-corrected chi connectivity index (χ0v) is 14.5. The number of ether oxygens (including phenoxy) is 1. The first-order valence-corrected chi connectivity index (χ1v) is 8.77. The number of morpholine rings is 1. The Kier molecular flexibility index (Phi) is 5.41. The quantitative estimate of drug-likeness (QED) is 0.767. The number of nitrogens with zero attached hydrogens (tertiary/aromatic N) is 2. The molecule has 2 atom stereocenters. The van der Waals surface area contributed by atoms with Gasteiger partial charge in [-0.1, -0.05) is 0 Å². The smallest absolute Gasteiger partial charge is 0.277 e. The van der Waals surface area contributed by atoms with E-state index in [9.17, 15) is 13.2 Å². The van der Waals surface area contributed by atoms with E-state index in [0.717, 1.165) is 5.06 Å². The van der Waals surface area contributed by atoms with Gasteiger partial charge in [-0.05, 0) is 38.1 Å². The molecule has 0 unspecified atom stereocenters. The van der Waals surface area contributed by atoms with Crippen molar-refractivity contribution in [3.8, 4) is 0 Å². The predicted molar refractivity (Wildman–Crippen MR) is 84.3 cm³/mol. The van der Waals surface area contributed by atoms with Crippen LogP contribution in [0.1, 0.15) is 24.2 Å². The van der Waals surface area contributed by atoms with Gasteiger partial charge in [0.25, 0.3) is 5.91 Å². The predicted octanol–water partition coefficient (Wildman–Crippen LogP) is 1.12. The summed E-state index contributed by atoms with van der Waals surface area (Å²) in [6.07, 6.45) is -0.297. The largest absolute Gasteiger partial charge is 0.373 e. The first-order valence-electron chi connectivity index (χ1n) is 7.33. The zero-order chi connectivity index (χ0) is 17.2. The van der Waals surface area contributed by atoms with Gasteiger partial charge < -0.3 is 4.74 Å². The van der Waals surface area contributed by atoms with Gasteiger partial charge in [-0.15, -0.1) is 0 Å².